The van der Waals surface area contributed by atoms with E-state index in [1.165, 1.54) is 24.6 Å². The maximum atomic E-state index is 9.58. The molecule has 0 heterocycles. The topological polar surface area (TPSA) is 106 Å². The minimum atomic E-state index is -0.209. The van der Waals surface area contributed by atoms with Crippen molar-refractivity contribution in [3.63, 3.8) is 0 Å². The number of hydrogen-bond acceptors (Lipinski definition) is 6. The molecule has 23 heavy (non-hydrogen) atoms. The molecular formula is C16H16N2NiO4. The van der Waals surface area contributed by atoms with Crippen LogP contribution in [0.5, 0.6) is 23.0 Å². The van der Waals surface area contributed by atoms with Crippen molar-refractivity contribution in [2.24, 2.45) is 9.98 Å². The SMILES string of the molecule is Oc1cccc(C=NCCN=Cc2cccc(O)c2O)c1O.[Ni]. The van der Waals surface area contributed by atoms with E-state index in [9.17, 15) is 20.4 Å². The summed E-state index contributed by atoms with van der Waals surface area (Å²) in [6, 6.07) is 9.26. The minimum Gasteiger partial charge on any atom is -0.504 e. The molecule has 2 aromatic rings. The van der Waals surface area contributed by atoms with E-state index < -0.39 is 0 Å². The first kappa shape index (κ1) is 18.5. The number of aliphatic imine (C=N–C) groups is 2. The van der Waals surface area contributed by atoms with Crippen molar-refractivity contribution in [3.05, 3.63) is 47.5 Å². The van der Waals surface area contributed by atoms with Gasteiger partial charge in [-0.1, -0.05) is 12.1 Å². The van der Waals surface area contributed by atoms with Crippen molar-refractivity contribution in [2.75, 3.05) is 13.1 Å². The van der Waals surface area contributed by atoms with E-state index in [1.54, 1.807) is 24.3 Å². The Morgan fingerprint density at radius 3 is 1.48 bits per heavy atom. The van der Waals surface area contributed by atoms with Gasteiger partial charge in [-0.05, 0) is 24.3 Å². The second kappa shape index (κ2) is 8.80. The Kier molecular flexibility index (Phi) is 7.09. The number of phenols is 4. The van der Waals surface area contributed by atoms with Crippen LogP contribution < -0.4 is 0 Å². The zero-order valence-corrected chi connectivity index (χ0v) is 13.0. The molecule has 0 radical (unpaired) electrons. The van der Waals surface area contributed by atoms with Crippen molar-refractivity contribution in [1.82, 2.24) is 0 Å². The van der Waals surface area contributed by atoms with Gasteiger partial charge in [0.1, 0.15) is 0 Å². The molecular weight excluding hydrogens is 343 g/mol. The third-order valence-corrected chi connectivity index (χ3v) is 2.91. The number of rotatable bonds is 5. The summed E-state index contributed by atoms with van der Waals surface area (Å²) < 4.78 is 0. The molecule has 0 aromatic heterocycles. The van der Waals surface area contributed by atoms with Gasteiger partial charge in [0.05, 0.1) is 13.1 Å². The van der Waals surface area contributed by atoms with Crippen LogP contribution >= 0.6 is 0 Å². The van der Waals surface area contributed by atoms with Crippen LogP contribution in [0.4, 0.5) is 0 Å². The zero-order chi connectivity index (χ0) is 15.9. The van der Waals surface area contributed by atoms with Gasteiger partial charge < -0.3 is 20.4 Å². The maximum absolute atomic E-state index is 9.58. The minimum absolute atomic E-state index is 0. The van der Waals surface area contributed by atoms with Crippen LogP contribution in [0.3, 0.4) is 0 Å². The molecule has 0 aliphatic carbocycles. The molecule has 0 spiro atoms. The van der Waals surface area contributed by atoms with E-state index in [4.69, 9.17) is 0 Å². The van der Waals surface area contributed by atoms with E-state index >= 15 is 0 Å². The predicted molar refractivity (Wildman–Crippen MR) is 84.5 cm³/mol. The first-order chi connectivity index (χ1) is 10.6. The molecule has 0 atom stereocenters. The summed E-state index contributed by atoms with van der Waals surface area (Å²) in [5, 5.41) is 37.8. The molecule has 0 unspecified atom stereocenters. The van der Waals surface area contributed by atoms with Crippen molar-refractivity contribution >= 4 is 12.4 Å². The van der Waals surface area contributed by atoms with Gasteiger partial charge in [-0.25, -0.2) is 0 Å². The van der Waals surface area contributed by atoms with Gasteiger partial charge >= 0.3 is 0 Å². The number of benzene rings is 2. The molecule has 0 fully saturated rings. The standard InChI is InChI=1S/C16H16N2O4.Ni/c19-13-5-1-3-11(15(13)21)9-17-7-8-18-10-12-4-2-6-14(20)16(12)22;/h1-6,9-10,19-22H,7-8H2;. The largest absolute Gasteiger partial charge is 0.504 e. The quantitative estimate of drug-likeness (QED) is 0.284. The average molecular weight is 359 g/mol. The Morgan fingerprint density at radius 1 is 0.696 bits per heavy atom. The van der Waals surface area contributed by atoms with Crippen LogP contribution in [0, 0.1) is 0 Å². The molecule has 0 aliphatic rings. The summed E-state index contributed by atoms with van der Waals surface area (Å²) in [7, 11) is 0. The molecule has 7 heteroatoms. The average Bonchev–Trinajstić information content (AvgIpc) is 2.51. The fourth-order valence-electron chi connectivity index (χ4n) is 1.75. The first-order valence-corrected chi connectivity index (χ1v) is 6.61. The van der Waals surface area contributed by atoms with E-state index in [0.717, 1.165) is 0 Å². The Balaban J connectivity index is 0.00000264. The summed E-state index contributed by atoms with van der Waals surface area (Å²) in [6.45, 7) is 0.760. The van der Waals surface area contributed by atoms with Gasteiger partial charge in [-0.3, -0.25) is 9.98 Å². The second-order valence-electron chi connectivity index (χ2n) is 4.50. The fraction of sp³-hybridized carbons (Fsp3) is 0.125. The zero-order valence-electron chi connectivity index (χ0n) is 12.0. The van der Waals surface area contributed by atoms with E-state index in [0.29, 0.717) is 24.2 Å². The van der Waals surface area contributed by atoms with Crippen LogP contribution in [0.15, 0.2) is 46.4 Å². The Hall–Kier alpha value is -2.53. The van der Waals surface area contributed by atoms with Crippen molar-refractivity contribution in [3.8, 4) is 23.0 Å². The van der Waals surface area contributed by atoms with Crippen molar-refractivity contribution in [1.29, 1.82) is 0 Å². The fourth-order valence-corrected chi connectivity index (χ4v) is 1.75. The third-order valence-electron chi connectivity index (χ3n) is 2.91. The van der Waals surface area contributed by atoms with Crippen LogP contribution in [0.2, 0.25) is 0 Å². The number of hydrogen-bond donors (Lipinski definition) is 4. The summed E-state index contributed by atoms with van der Waals surface area (Å²) in [4.78, 5) is 8.19. The molecule has 4 N–H and O–H groups in total. The van der Waals surface area contributed by atoms with E-state index in [1.807, 2.05) is 0 Å². The summed E-state index contributed by atoms with van der Waals surface area (Å²) in [5.74, 6) is -0.804. The molecule has 6 nitrogen and oxygen atoms in total. The smallest absolute Gasteiger partial charge is 0.166 e. The summed E-state index contributed by atoms with van der Waals surface area (Å²) in [5.41, 5.74) is 0.851. The van der Waals surface area contributed by atoms with Crippen molar-refractivity contribution in [2.45, 2.75) is 0 Å². The number of phenolic OH excluding ortho intramolecular Hbond substituents is 4. The van der Waals surface area contributed by atoms with Gasteiger partial charge in [-0.2, -0.15) is 0 Å². The van der Waals surface area contributed by atoms with Crippen LogP contribution in [-0.4, -0.2) is 45.9 Å². The second-order valence-corrected chi connectivity index (χ2v) is 4.50. The van der Waals surface area contributed by atoms with Gasteiger partial charge in [0.15, 0.2) is 23.0 Å². The molecule has 124 valence electrons. The predicted octanol–water partition coefficient (Wildman–Crippen LogP) is 2.04. The van der Waals surface area contributed by atoms with Crippen LogP contribution in [0.1, 0.15) is 11.1 Å². The van der Waals surface area contributed by atoms with Crippen molar-refractivity contribution < 1.29 is 36.9 Å². The summed E-state index contributed by atoms with van der Waals surface area (Å²) >= 11 is 0. The third kappa shape index (κ3) is 5.00. The van der Waals surface area contributed by atoms with Crippen LogP contribution in [0.25, 0.3) is 0 Å². The van der Waals surface area contributed by atoms with E-state index in [2.05, 4.69) is 9.98 Å². The number of para-hydroxylation sites is 2. The molecule has 0 amide bonds. The Labute approximate surface area is 143 Å². The van der Waals surface area contributed by atoms with Gasteiger partial charge in [-0.15, -0.1) is 0 Å². The Bertz CT molecular complexity index is 656. The number of nitrogens with zero attached hydrogens (tertiary/aromatic N) is 2. The van der Waals surface area contributed by atoms with Gasteiger partial charge in [0.2, 0.25) is 0 Å². The first-order valence-electron chi connectivity index (χ1n) is 6.61. The molecule has 0 bridgehead atoms. The van der Waals surface area contributed by atoms with Gasteiger partial charge in [0.25, 0.3) is 0 Å². The normalized spacial score (nSPS) is 11.0. The maximum Gasteiger partial charge on any atom is 0.166 e. The van der Waals surface area contributed by atoms with E-state index in [-0.39, 0.29) is 39.5 Å². The van der Waals surface area contributed by atoms with Crippen LogP contribution in [-0.2, 0) is 16.5 Å². The molecule has 0 saturated heterocycles. The van der Waals surface area contributed by atoms with Gasteiger partial charge in [0, 0.05) is 40.0 Å². The monoisotopic (exact) mass is 358 g/mol. The molecule has 2 aromatic carbocycles. The molecule has 0 aliphatic heterocycles. The molecule has 0 saturated carbocycles. The Morgan fingerprint density at radius 2 is 1.09 bits per heavy atom. The number of aromatic hydroxyl groups is 4. The summed E-state index contributed by atoms with van der Waals surface area (Å²) in [6.07, 6.45) is 2.91. The molecule has 2 rings (SSSR count).